The smallest absolute Gasteiger partial charge is 0.147 e. The standard InChI is InChI=1S/C26H39N3O2/c1-29(2)26-23-11-5-6-12-24(23)27-25(28-26)13-7-9-21-16-14-20(15-17-21)8-3-4-10-22-18-30-19-31-22/h5-6,11-12,20-22H,3-4,7-10,13-19H2,1-2H3. The number of hydrogen-bond donors (Lipinski definition) is 0. The SMILES string of the molecule is CN(C)c1nc(CCCC2CCC(CCCCC3COCO3)CC2)nc2ccccc12. The van der Waals surface area contributed by atoms with Gasteiger partial charge in [0.1, 0.15) is 18.4 Å². The van der Waals surface area contributed by atoms with Crippen molar-refractivity contribution in [2.75, 3.05) is 32.4 Å². The van der Waals surface area contributed by atoms with Gasteiger partial charge in [-0.25, -0.2) is 9.97 Å². The van der Waals surface area contributed by atoms with Crippen molar-refractivity contribution < 1.29 is 9.47 Å². The molecule has 0 bridgehead atoms. The summed E-state index contributed by atoms with van der Waals surface area (Å²) in [6, 6.07) is 8.34. The Hall–Kier alpha value is -1.72. The summed E-state index contributed by atoms with van der Waals surface area (Å²) in [7, 11) is 4.13. The Morgan fingerprint density at radius 3 is 2.32 bits per heavy atom. The molecule has 1 atom stereocenters. The molecule has 1 unspecified atom stereocenters. The van der Waals surface area contributed by atoms with E-state index in [1.165, 1.54) is 64.2 Å². The average molecular weight is 426 g/mol. The lowest BCUT2D eigenvalue weighted by atomic mass is 9.78. The van der Waals surface area contributed by atoms with Crippen LogP contribution in [-0.4, -0.2) is 43.6 Å². The maximum absolute atomic E-state index is 5.53. The lowest BCUT2D eigenvalue weighted by molar-refractivity contribution is 0.0439. The van der Waals surface area contributed by atoms with Gasteiger partial charge < -0.3 is 14.4 Å². The van der Waals surface area contributed by atoms with Gasteiger partial charge in [0.2, 0.25) is 0 Å². The first-order valence-electron chi connectivity index (χ1n) is 12.3. The van der Waals surface area contributed by atoms with Crippen LogP contribution in [0.1, 0.15) is 70.0 Å². The van der Waals surface area contributed by atoms with Crippen molar-refractivity contribution in [2.24, 2.45) is 11.8 Å². The van der Waals surface area contributed by atoms with E-state index in [1.807, 2.05) is 0 Å². The molecule has 0 amide bonds. The van der Waals surface area contributed by atoms with Crippen LogP contribution in [0.2, 0.25) is 0 Å². The molecule has 0 N–H and O–H groups in total. The number of ether oxygens (including phenoxy) is 2. The fourth-order valence-corrected chi connectivity index (χ4v) is 5.26. The van der Waals surface area contributed by atoms with E-state index in [1.54, 1.807) is 0 Å². The molecular formula is C26H39N3O2. The van der Waals surface area contributed by atoms with Gasteiger partial charge in [-0.05, 0) is 36.8 Å². The van der Waals surface area contributed by atoms with Gasteiger partial charge in [-0.2, -0.15) is 0 Å². The number of hydrogen-bond acceptors (Lipinski definition) is 5. The van der Waals surface area contributed by atoms with Crippen LogP contribution in [0.15, 0.2) is 24.3 Å². The minimum absolute atomic E-state index is 0.358. The fraction of sp³-hybridized carbons (Fsp3) is 0.692. The lowest BCUT2D eigenvalue weighted by Gasteiger charge is -2.28. The van der Waals surface area contributed by atoms with Crippen LogP contribution in [0.5, 0.6) is 0 Å². The third-order valence-corrected chi connectivity index (χ3v) is 7.11. The van der Waals surface area contributed by atoms with E-state index in [2.05, 4.69) is 43.3 Å². The fourth-order valence-electron chi connectivity index (χ4n) is 5.26. The highest BCUT2D eigenvalue weighted by molar-refractivity contribution is 5.89. The summed E-state index contributed by atoms with van der Waals surface area (Å²) in [6.45, 7) is 1.30. The molecule has 4 rings (SSSR count). The first-order chi connectivity index (χ1) is 15.2. The number of aromatic nitrogens is 2. The number of anilines is 1. The third kappa shape index (κ3) is 6.39. The van der Waals surface area contributed by atoms with Crippen LogP contribution < -0.4 is 4.90 Å². The zero-order valence-electron chi connectivity index (χ0n) is 19.4. The summed E-state index contributed by atoms with van der Waals surface area (Å²) in [5, 5.41) is 1.14. The lowest BCUT2D eigenvalue weighted by Crippen LogP contribution is -2.16. The minimum Gasteiger partial charge on any atom is -0.362 e. The highest BCUT2D eigenvalue weighted by Gasteiger charge is 2.21. The average Bonchev–Trinajstić information content (AvgIpc) is 3.31. The van der Waals surface area contributed by atoms with Crippen LogP contribution in [-0.2, 0) is 15.9 Å². The predicted octanol–water partition coefficient (Wildman–Crippen LogP) is 5.76. The zero-order chi connectivity index (χ0) is 21.5. The van der Waals surface area contributed by atoms with Crippen molar-refractivity contribution in [3.8, 4) is 0 Å². The predicted molar refractivity (Wildman–Crippen MR) is 126 cm³/mol. The molecule has 1 saturated carbocycles. The number of unbranched alkanes of at least 4 members (excludes halogenated alkanes) is 1. The summed E-state index contributed by atoms with van der Waals surface area (Å²) in [5.41, 5.74) is 1.06. The van der Waals surface area contributed by atoms with Crippen LogP contribution in [0.4, 0.5) is 5.82 Å². The van der Waals surface area contributed by atoms with E-state index in [0.717, 1.165) is 47.4 Å². The normalized spacial score (nSPS) is 24.0. The van der Waals surface area contributed by atoms with Gasteiger partial charge in [-0.3, -0.25) is 0 Å². The number of para-hydroxylation sites is 1. The second-order valence-corrected chi connectivity index (χ2v) is 9.72. The van der Waals surface area contributed by atoms with Gasteiger partial charge in [0, 0.05) is 25.9 Å². The highest BCUT2D eigenvalue weighted by atomic mass is 16.7. The van der Waals surface area contributed by atoms with Crippen LogP contribution in [0.25, 0.3) is 10.9 Å². The van der Waals surface area contributed by atoms with Gasteiger partial charge >= 0.3 is 0 Å². The number of rotatable bonds is 10. The molecule has 5 nitrogen and oxygen atoms in total. The highest BCUT2D eigenvalue weighted by Crippen LogP contribution is 2.34. The largest absolute Gasteiger partial charge is 0.362 e. The second kappa shape index (κ2) is 11.2. The Bertz CT molecular complexity index is 811. The third-order valence-electron chi connectivity index (χ3n) is 7.11. The van der Waals surface area contributed by atoms with Crippen molar-refractivity contribution in [1.29, 1.82) is 0 Å². The molecule has 2 aromatic rings. The molecule has 2 heterocycles. The van der Waals surface area contributed by atoms with Crippen molar-refractivity contribution in [2.45, 2.75) is 76.7 Å². The second-order valence-electron chi connectivity index (χ2n) is 9.72. The first kappa shape index (κ1) is 22.5. The molecule has 2 aliphatic rings. The maximum atomic E-state index is 5.53. The van der Waals surface area contributed by atoms with Gasteiger partial charge in [0.05, 0.1) is 18.2 Å². The molecule has 170 valence electrons. The molecule has 1 aromatic carbocycles. The topological polar surface area (TPSA) is 47.5 Å². The quantitative estimate of drug-likeness (QED) is 0.453. The van der Waals surface area contributed by atoms with E-state index in [9.17, 15) is 0 Å². The van der Waals surface area contributed by atoms with Gasteiger partial charge in [0.25, 0.3) is 0 Å². The van der Waals surface area contributed by atoms with Crippen LogP contribution in [0, 0.1) is 11.8 Å². The monoisotopic (exact) mass is 425 g/mol. The molecule has 1 aromatic heterocycles. The van der Waals surface area contributed by atoms with Crippen LogP contribution in [0.3, 0.4) is 0 Å². The summed E-state index contributed by atoms with van der Waals surface area (Å²) >= 11 is 0. The molecule has 0 radical (unpaired) electrons. The summed E-state index contributed by atoms with van der Waals surface area (Å²) in [4.78, 5) is 11.8. The van der Waals surface area contributed by atoms with Crippen molar-refractivity contribution in [3.05, 3.63) is 30.1 Å². The van der Waals surface area contributed by atoms with E-state index >= 15 is 0 Å². The molecule has 5 heteroatoms. The molecule has 2 fully saturated rings. The molecule has 1 aliphatic carbocycles. The zero-order valence-corrected chi connectivity index (χ0v) is 19.4. The van der Waals surface area contributed by atoms with Crippen molar-refractivity contribution in [1.82, 2.24) is 9.97 Å². The number of benzene rings is 1. The molecule has 1 saturated heterocycles. The van der Waals surface area contributed by atoms with Gasteiger partial charge in [-0.1, -0.05) is 63.5 Å². The summed E-state index contributed by atoms with van der Waals surface area (Å²) < 4.78 is 10.8. The molecule has 0 spiro atoms. The van der Waals surface area contributed by atoms with Gasteiger partial charge in [0.15, 0.2) is 0 Å². The number of fused-ring (bicyclic) bond motifs is 1. The van der Waals surface area contributed by atoms with Crippen molar-refractivity contribution >= 4 is 16.7 Å². The van der Waals surface area contributed by atoms with E-state index in [0.29, 0.717) is 12.9 Å². The van der Waals surface area contributed by atoms with Crippen LogP contribution >= 0.6 is 0 Å². The van der Waals surface area contributed by atoms with E-state index in [4.69, 9.17) is 19.4 Å². The Kier molecular flexibility index (Phi) is 8.15. The Morgan fingerprint density at radius 1 is 0.903 bits per heavy atom. The van der Waals surface area contributed by atoms with Gasteiger partial charge in [-0.15, -0.1) is 0 Å². The van der Waals surface area contributed by atoms with Crippen molar-refractivity contribution in [3.63, 3.8) is 0 Å². The Morgan fingerprint density at radius 2 is 1.61 bits per heavy atom. The van der Waals surface area contributed by atoms with E-state index in [-0.39, 0.29) is 0 Å². The first-order valence-corrected chi connectivity index (χ1v) is 12.3. The summed E-state index contributed by atoms with van der Waals surface area (Å²) in [5.74, 6) is 3.87. The maximum Gasteiger partial charge on any atom is 0.147 e. The minimum atomic E-state index is 0.358. The molecule has 31 heavy (non-hydrogen) atoms. The number of nitrogens with zero attached hydrogens (tertiary/aromatic N) is 3. The molecular weight excluding hydrogens is 386 g/mol. The Labute approximate surface area is 187 Å². The molecule has 1 aliphatic heterocycles. The summed E-state index contributed by atoms with van der Waals surface area (Å²) in [6.07, 6.45) is 14.7. The number of aryl methyl sites for hydroxylation is 1. The Balaban J connectivity index is 1.16. The van der Waals surface area contributed by atoms with E-state index < -0.39 is 0 Å².